The van der Waals surface area contributed by atoms with Gasteiger partial charge in [0.2, 0.25) is 0 Å². The van der Waals surface area contributed by atoms with Crippen LogP contribution in [-0.4, -0.2) is 56.4 Å². The Kier molecular flexibility index (Phi) is 7.96. The largest absolute Gasteiger partial charge is 0.458 e. The van der Waals surface area contributed by atoms with Crippen LogP contribution in [0.15, 0.2) is 35.2 Å². The van der Waals surface area contributed by atoms with Gasteiger partial charge in [0.25, 0.3) is 0 Å². The first-order chi connectivity index (χ1) is 21.9. The molecule has 0 amide bonds. The molecule has 1 aliphatic heterocycles. The molecule has 0 N–H and O–H groups in total. The molecule has 5 aliphatic carbocycles. The summed E-state index contributed by atoms with van der Waals surface area (Å²) in [7, 11) is -2.03. The van der Waals surface area contributed by atoms with Crippen LogP contribution in [0.1, 0.15) is 107 Å². The predicted octanol–water partition coefficient (Wildman–Crippen LogP) is 7.61. The number of hydrogen-bond donors (Lipinski definition) is 0. The van der Waals surface area contributed by atoms with Gasteiger partial charge in [-0.25, -0.2) is 8.42 Å². The van der Waals surface area contributed by atoms with Gasteiger partial charge in [0, 0.05) is 19.4 Å². The second kappa shape index (κ2) is 11.0. The van der Waals surface area contributed by atoms with Gasteiger partial charge in [-0.3, -0.25) is 4.79 Å². The standard InChI is InChI=1S/C39H58O7S/c1-23(28-15-16-29-27-21-31(43-9)39-22-25(39)17-20-38(39,8)30(27)18-19-37(28,29)7)33(47(41,42)26-13-11-10-12-14-26)32(44-24(2)40)34-35(3,4)46-36(5,6)45-34/h10-14,23,25,27-34H,15-22H2,1-9H3/t23-,25-,27-,28+,29-,30-,31+,32?,33?,34+,37+,38+,39-/m0/s1. The van der Waals surface area contributed by atoms with E-state index in [2.05, 4.69) is 20.8 Å². The van der Waals surface area contributed by atoms with Crippen molar-refractivity contribution in [3.63, 3.8) is 0 Å². The van der Waals surface area contributed by atoms with Gasteiger partial charge < -0.3 is 18.9 Å². The van der Waals surface area contributed by atoms with Crippen LogP contribution in [0.3, 0.4) is 0 Å². The number of benzene rings is 1. The molecule has 0 bridgehead atoms. The van der Waals surface area contributed by atoms with Gasteiger partial charge in [-0.15, -0.1) is 0 Å². The van der Waals surface area contributed by atoms with Crippen molar-refractivity contribution in [1.82, 2.24) is 0 Å². The normalized spacial score (nSPS) is 44.7. The Morgan fingerprint density at radius 1 is 0.957 bits per heavy atom. The van der Waals surface area contributed by atoms with Gasteiger partial charge in [-0.2, -0.15) is 0 Å². The highest BCUT2D eigenvalue weighted by molar-refractivity contribution is 7.92. The summed E-state index contributed by atoms with van der Waals surface area (Å²) >= 11 is 0. The average molecular weight is 671 g/mol. The second-order valence-electron chi connectivity index (χ2n) is 17.9. The van der Waals surface area contributed by atoms with Crippen LogP contribution in [0.5, 0.6) is 0 Å². The van der Waals surface area contributed by atoms with Gasteiger partial charge in [0.1, 0.15) is 17.5 Å². The quantitative estimate of drug-likeness (QED) is 0.263. The van der Waals surface area contributed by atoms with E-state index in [-0.39, 0.29) is 22.1 Å². The minimum Gasteiger partial charge on any atom is -0.458 e. The third kappa shape index (κ3) is 4.87. The second-order valence-corrected chi connectivity index (χ2v) is 20.0. The topological polar surface area (TPSA) is 88.1 Å². The summed E-state index contributed by atoms with van der Waals surface area (Å²) in [4.78, 5) is 13.1. The van der Waals surface area contributed by atoms with E-state index < -0.39 is 44.7 Å². The maximum Gasteiger partial charge on any atom is 0.303 e. The molecule has 1 aromatic rings. The number of rotatable bonds is 8. The molecule has 13 atom stereocenters. The molecule has 1 saturated heterocycles. The Balaban J connectivity index is 1.27. The SMILES string of the molecule is CO[C@@H]1C[C@H]2[C@@H]3CC[C@H]([C@H](C)C(C(OC(C)=O)[C@H]4OC(C)(C)OC4(C)C)S(=O)(=O)c4ccccc4)[C@@]3(C)CC[C@@H]2[C@@]2(C)CC[C@H]3C[C@]312. The molecule has 8 heteroatoms. The molecule has 7 nitrogen and oxygen atoms in total. The highest BCUT2D eigenvalue weighted by atomic mass is 32.2. The van der Waals surface area contributed by atoms with E-state index in [1.807, 2.05) is 40.9 Å². The van der Waals surface area contributed by atoms with E-state index in [1.165, 1.54) is 32.6 Å². The highest BCUT2D eigenvalue weighted by Gasteiger charge is 2.77. The molecule has 0 aromatic heterocycles. The average Bonchev–Trinajstić information content (AvgIpc) is 3.38. The van der Waals surface area contributed by atoms with Gasteiger partial charge in [-0.05, 0) is 138 Å². The molecule has 1 aromatic carbocycles. The maximum absolute atomic E-state index is 15.0. The molecule has 5 saturated carbocycles. The Labute approximate surface area is 283 Å². The summed E-state index contributed by atoms with van der Waals surface area (Å²) < 4.78 is 55.2. The van der Waals surface area contributed by atoms with E-state index >= 15 is 0 Å². The minimum absolute atomic E-state index is 0.0195. The minimum atomic E-state index is -3.97. The summed E-state index contributed by atoms with van der Waals surface area (Å²) in [6, 6.07) is 8.70. The summed E-state index contributed by atoms with van der Waals surface area (Å²) in [5.74, 6) is 1.04. The first kappa shape index (κ1) is 34.0. The van der Waals surface area contributed by atoms with Gasteiger partial charge >= 0.3 is 5.97 Å². The number of fused-ring (bicyclic) bond motifs is 4. The predicted molar refractivity (Wildman–Crippen MR) is 180 cm³/mol. The zero-order valence-corrected chi connectivity index (χ0v) is 30.9. The summed E-state index contributed by atoms with van der Waals surface area (Å²) in [5, 5.41) is -1.00. The van der Waals surface area contributed by atoms with E-state index in [4.69, 9.17) is 18.9 Å². The Morgan fingerprint density at radius 3 is 2.26 bits per heavy atom. The fraction of sp³-hybridized carbons (Fsp3) is 0.821. The smallest absolute Gasteiger partial charge is 0.303 e. The van der Waals surface area contributed by atoms with Crippen LogP contribution in [0, 0.1) is 51.8 Å². The summed E-state index contributed by atoms with van der Waals surface area (Å²) in [6.07, 6.45) is 8.04. The van der Waals surface area contributed by atoms with Crippen LogP contribution < -0.4 is 0 Å². The Morgan fingerprint density at radius 2 is 1.66 bits per heavy atom. The van der Waals surface area contributed by atoms with E-state index in [0.717, 1.165) is 31.6 Å². The summed E-state index contributed by atoms with van der Waals surface area (Å²) in [5.41, 5.74) is -0.185. The zero-order valence-electron chi connectivity index (χ0n) is 30.1. The van der Waals surface area contributed by atoms with Crippen LogP contribution in [0.4, 0.5) is 0 Å². The van der Waals surface area contributed by atoms with Crippen molar-refractivity contribution in [2.45, 2.75) is 147 Å². The molecular formula is C39H58O7S. The van der Waals surface area contributed by atoms with Crippen molar-refractivity contribution in [3.05, 3.63) is 30.3 Å². The van der Waals surface area contributed by atoms with Crippen LogP contribution in [0.2, 0.25) is 0 Å². The molecule has 6 aliphatic rings. The molecule has 47 heavy (non-hydrogen) atoms. The molecule has 6 fully saturated rings. The number of sulfone groups is 1. The fourth-order valence-electron chi connectivity index (χ4n) is 13.4. The Bertz CT molecular complexity index is 1490. The maximum atomic E-state index is 15.0. The van der Waals surface area contributed by atoms with Crippen LogP contribution in [0.25, 0.3) is 0 Å². The number of hydrogen-bond acceptors (Lipinski definition) is 7. The third-order valence-corrected chi connectivity index (χ3v) is 17.4. The summed E-state index contributed by atoms with van der Waals surface area (Å²) in [6.45, 7) is 16.0. The lowest BCUT2D eigenvalue weighted by atomic mass is 9.45. The van der Waals surface area contributed by atoms with Crippen molar-refractivity contribution in [2.24, 2.45) is 51.8 Å². The van der Waals surface area contributed by atoms with Crippen molar-refractivity contribution in [2.75, 3.05) is 7.11 Å². The number of ether oxygens (including phenoxy) is 4. The van der Waals surface area contributed by atoms with E-state index in [1.54, 1.807) is 24.3 Å². The molecular weight excluding hydrogens is 612 g/mol. The van der Waals surface area contributed by atoms with Crippen LogP contribution >= 0.6 is 0 Å². The molecule has 262 valence electrons. The van der Waals surface area contributed by atoms with Crippen molar-refractivity contribution in [1.29, 1.82) is 0 Å². The molecule has 1 spiro atoms. The number of carbonyl (C=O) groups excluding carboxylic acids is 1. The van der Waals surface area contributed by atoms with Gasteiger partial charge in [-0.1, -0.05) is 39.0 Å². The monoisotopic (exact) mass is 670 g/mol. The number of methoxy groups -OCH3 is 1. The van der Waals surface area contributed by atoms with Crippen LogP contribution in [-0.2, 0) is 33.6 Å². The van der Waals surface area contributed by atoms with E-state index in [0.29, 0.717) is 34.7 Å². The lowest BCUT2D eigenvalue weighted by Gasteiger charge is -2.61. The Hall–Kier alpha value is -1.48. The lowest BCUT2D eigenvalue weighted by Crippen LogP contribution is -2.58. The highest BCUT2D eigenvalue weighted by Crippen LogP contribution is 2.82. The van der Waals surface area contributed by atoms with Crippen molar-refractivity contribution < 1.29 is 32.2 Å². The molecule has 1 heterocycles. The van der Waals surface area contributed by atoms with E-state index in [9.17, 15) is 13.2 Å². The third-order valence-electron chi connectivity index (χ3n) is 15.0. The van der Waals surface area contributed by atoms with Crippen molar-refractivity contribution in [3.8, 4) is 0 Å². The van der Waals surface area contributed by atoms with Gasteiger partial charge in [0.05, 0.1) is 16.6 Å². The molecule has 7 rings (SSSR count). The number of esters is 1. The van der Waals surface area contributed by atoms with Crippen molar-refractivity contribution >= 4 is 15.8 Å². The number of carbonyl (C=O) groups is 1. The molecule has 0 radical (unpaired) electrons. The fourth-order valence-corrected chi connectivity index (χ4v) is 15.5. The lowest BCUT2D eigenvalue weighted by molar-refractivity contribution is -0.174. The first-order valence-corrected chi connectivity index (χ1v) is 19.8. The first-order valence-electron chi connectivity index (χ1n) is 18.3. The molecule has 2 unspecified atom stereocenters. The zero-order chi connectivity index (χ0) is 33.9. The van der Waals surface area contributed by atoms with Gasteiger partial charge in [0.15, 0.2) is 15.6 Å².